The van der Waals surface area contributed by atoms with Crippen LogP contribution in [0.25, 0.3) is 98.4 Å². The maximum atomic E-state index is 9.42. The third kappa shape index (κ3) is 4.69. The van der Waals surface area contributed by atoms with Gasteiger partial charge in [-0.3, -0.25) is 0 Å². The minimum atomic E-state index is -0.641. The molecule has 1 nitrogen and oxygen atoms in total. The summed E-state index contributed by atoms with van der Waals surface area (Å²) in [7, 11) is 0. The first-order chi connectivity index (χ1) is 30.3. The van der Waals surface area contributed by atoms with E-state index in [4.69, 9.17) is 15.4 Å². The van der Waals surface area contributed by atoms with E-state index in [0.717, 1.165) is 32.7 Å². The summed E-state index contributed by atoms with van der Waals surface area (Å²) < 4.78 is 122. The van der Waals surface area contributed by atoms with Crippen LogP contribution in [0.4, 0.5) is 0 Å². The van der Waals surface area contributed by atoms with Crippen LogP contribution in [-0.4, -0.2) is 0 Å². The predicted octanol–water partition coefficient (Wildman–Crippen LogP) is 14.5. The molecule has 10 aromatic rings. The van der Waals surface area contributed by atoms with Gasteiger partial charge in [-0.05, 0) is 117 Å². The minimum absolute atomic E-state index is 0.0917. The summed E-state index contributed by atoms with van der Waals surface area (Å²) in [6.45, 7) is 6.60. The van der Waals surface area contributed by atoms with Crippen LogP contribution in [0.5, 0.6) is 0 Å². The van der Waals surface area contributed by atoms with E-state index in [9.17, 15) is 6.85 Å². The van der Waals surface area contributed by atoms with Crippen molar-refractivity contribution in [2.24, 2.45) is 0 Å². The van der Waals surface area contributed by atoms with Gasteiger partial charge in [0.05, 0.1) is 17.8 Å². The van der Waals surface area contributed by atoms with Crippen LogP contribution in [0.2, 0.25) is 0 Å². The molecule has 0 amide bonds. The number of para-hydroxylation sites is 1. The van der Waals surface area contributed by atoms with Crippen molar-refractivity contribution in [2.45, 2.75) is 26.2 Å². The lowest BCUT2D eigenvalue weighted by Crippen LogP contribution is -2.11. The monoisotopic (exact) mass is 665 g/mol. The van der Waals surface area contributed by atoms with Crippen molar-refractivity contribution in [3.63, 3.8) is 0 Å². The van der Waals surface area contributed by atoms with Crippen molar-refractivity contribution in [3.05, 3.63) is 169 Å². The fourth-order valence-electron chi connectivity index (χ4n) is 7.53. The van der Waals surface area contributed by atoms with Crippen LogP contribution < -0.4 is 0 Å². The molecule has 0 aliphatic carbocycles. The molecule has 0 N–H and O–H groups in total. The fourth-order valence-corrected chi connectivity index (χ4v) is 7.53. The Balaban J connectivity index is 1.31. The van der Waals surface area contributed by atoms with Crippen molar-refractivity contribution in [1.29, 1.82) is 0 Å². The number of furan rings is 1. The average molecular weight is 666 g/mol. The molecule has 1 heterocycles. The van der Waals surface area contributed by atoms with E-state index in [-0.39, 0.29) is 49.1 Å². The van der Waals surface area contributed by atoms with Crippen molar-refractivity contribution in [1.82, 2.24) is 0 Å². The first-order valence-corrected chi connectivity index (χ1v) is 16.8. The SMILES string of the molecule is [2H]c1c([2H])c([2H])c2c([2H])c(-c3c4c([2H])c([2H])c([2H])c([2H])c4c(-c4cccc5cc(-c6ccc7c(c6)c(C(C)(C)C)cc6ccccc67)ccc45)c4c([2H])c([2H])c([2H])c([2H])c34)oc2c1[2H]. The summed E-state index contributed by atoms with van der Waals surface area (Å²) in [5.41, 5.74) is 2.86. The van der Waals surface area contributed by atoms with Gasteiger partial charge in [0.2, 0.25) is 0 Å². The molecule has 1 heteroatoms. The molecular formula is C50H36O. The summed E-state index contributed by atoms with van der Waals surface area (Å²) in [6, 6.07) is 20.9. The van der Waals surface area contributed by atoms with E-state index in [1.54, 1.807) is 12.1 Å². The van der Waals surface area contributed by atoms with Crippen LogP contribution in [0.15, 0.2) is 168 Å². The Labute approximate surface area is 315 Å². The molecule has 0 atom stereocenters. The second kappa shape index (κ2) is 11.2. The Morgan fingerprint density at radius 1 is 0.471 bits per heavy atom. The zero-order valence-electron chi connectivity index (χ0n) is 41.0. The van der Waals surface area contributed by atoms with Gasteiger partial charge in [0, 0.05) is 10.9 Å². The largest absolute Gasteiger partial charge is 0.456 e. The lowest BCUT2D eigenvalue weighted by molar-refractivity contribution is 0.596. The quantitative estimate of drug-likeness (QED) is 0.135. The lowest BCUT2D eigenvalue weighted by atomic mass is 9.81. The van der Waals surface area contributed by atoms with Crippen molar-refractivity contribution >= 4 is 64.8 Å². The number of rotatable bonds is 3. The van der Waals surface area contributed by atoms with E-state index in [2.05, 4.69) is 57.2 Å². The molecule has 0 saturated carbocycles. The van der Waals surface area contributed by atoms with Gasteiger partial charge in [-0.2, -0.15) is 0 Å². The van der Waals surface area contributed by atoms with E-state index in [1.165, 1.54) is 10.9 Å². The van der Waals surface area contributed by atoms with Crippen molar-refractivity contribution in [3.8, 4) is 33.6 Å². The molecular weight excluding hydrogens is 617 g/mol. The highest BCUT2D eigenvalue weighted by Crippen LogP contribution is 2.46. The standard InChI is InChI=1S/C50H36O/c1-50(2,3)45-29-34-13-4-6-16-36(34)38-26-24-32(28-44(38)45)31-23-25-37-33(27-31)15-12-21-39(37)48-40-17-7-9-19-42(40)49(43-20-10-8-18-41(43)48)47-30-35-14-5-11-22-46(35)51-47/h4-30H,1-3H3/i5D,7D,8D,9D,10D,11D,14D,17D,18D,19D,20D,22D,30D. The Morgan fingerprint density at radius 3 is 1.82 bits per heavy atom. The summed E-state index contributed by atoms with van der Waals surface area (Å²) in [5.74, 6) is -0.431. The Bertz CT molecular complexity index is 3670. The molecule has 1 aromatic heterocycles. The minimum Gasteiger partial charge on any atom is -0.456 e. The summed E-state index contributed by atoms with van der Waals surface area (Å²) >= 11 is 0. The predicted molar refractivity (Wildman–Crippen MR) is 219 cm³/mol. The molecule has 0 spiro atoms. The van der Waals surface area contributed by atoms with Gasteiger partial charge in [0.15, 0.2) is 0 Å². The summed E-state index contributed by atoms with van der Waals surface area (Å²) in [5, 5.41) is 5.13. The smallest absolute Gasteiger partial charge is 0.136 e. The molecule has 51 heavy (non-hydrogen) atoms. The van der Waals surface area contributed by atoms with Gasteiger partial charge < -0.3 is 4.42 Å². The molecule has 0 saturated heterocycles. The Hall–Kier alpha value is -6.18. The highest BCUT2D eigenvalue weighted by Gasteiger charge is 2.21. The Morgan fingerprint density at radius 2 is 1.08 bits per heavy atom. The second-order valence-corrected chi connectivity index (χ2v) is 13.9. The molecule has 9 aromatic carbocycles. The van der Waals surface area contributed by atoms with Gasteiger partial charge in [-0.1, -0.05) is 154 Å². The van der Waals surface area contributed by atoms with Crippen LogP contribution >= 0.6 is 0 Å². The summed E-state index contributed by atoms with van der Waals surface area (Å²) in [6.07, 6.45) is 0. The van der Waals surface area contributed by atoms with Crippen LogP contribution in [0, 0.1) is 0 Å². The average Bonchev–Trinajstić information content (AvgIpc) is 3.63. The van der Waals surface area contributed by atoms with Crippen LogP contribution in [-0.2, 0) is 5.41 Å². The third-order valence-corrected chi connectivity index (χ3v) is 9.85. The van der Waals surface area contributed by atoms with Gasteiger partial charge in [0.25, 0.3) is 0 Å². The maximum absolute atomic E-state index is 9.42. The van der Waals surface area contributed by atoms with E-state index >= 15 is 0 Å². The second-order valence-electron chi connectivity index (χ2n) is 13.9. The lowest BCUT2D eigenvalue weighted by Gasteiger charge is -2.23. The van der Waals surface area contributed by atoms with E-state index < -0.39 is 84.3 Å². The first kappa shape index (κ1) is 19.3. The number of hydrogen-bond donors (Lipinski definition) is 0. The topological polar surface area (TPSA) is 13.1 Å². The van der Waals surface area contributed by atoms with Crippen molar-refractivity contribution in [2.75, 3.05) is 0 Å². The molecule has 0 unspecified atom stereocenters. The van der Waals surface area contributed by atoms with Gasteiger partial charge >= 0.3 is 0 Å². The van der Waals surface area contributed by atoms with Gasteiger partial charge in [0.1, 0.15) is 11.3 Å². The van der Waals surface area contributed by atoms with Crippen LogP contribution in [0.1, 0.15) is 44.2 Å². The van der Waals surface area contributed by atoms with Gasteiger partial charge in [-0.25, -0.2) is 0 Å². The summed E-state index contributed by atoms with van der Waals surface area (Å²) in [4.78, 5) is 0. The number of fused-ring (bicyclic) bond motifs is 7. The first-order valence-electron chi connectivity index (χ1n) is 23.3. The molecule has 0 bridgehead atoms. The molecule has 10 rings (SSSR count). The third-order valence-electron chi connectivity index (χ3n) is 9.85. The normalized spacial score (nSPS) is 15.8. The molecule has 0 fully saturated rings. The molecule has 242 valence electrons. The highest BCUT2D eigenvalue weighted by atomic mass is 16.3. The molecule has 0 aliphatic heterocycles. The molecule has 0 aliphatic rings. The Kier molecular flexibility index (Phi) is 4.22. The van der Waals surface area contributed by atoms with Crippen molar-refractivity contribution < 1.29 is 22.2 Å². The highest BCUT2D eigenvalue weighted by molar-refractivity contribution is 6.23. The number of hydrogen-bond acceptors (Lipinski definition) is 1. The fraction of sp³-hybridized carbons (Fsp3) is 0.0800. The van der Waals surface area contributed by atoms with E-state index in [0.29, 0.717) is 10.9 Å². The van der Waals surface area contributed by atoms with E-state index in [1.807, 2.05) is 36.4 Å². The van der Waals surface area contributed by atoms with Crippen LogP contribution in [0.3, 0.4) is 0 Å². The maximum Gasteiger partial charge on any atom is 0.136 e. The number of benzene rings is 9. The zero-order chi connectivity index (χ0) is 45.6. The molecule has 0 radical (unpaired) electrons. The van der Waals surface area contributed by atoms with Gasteiger partial charge in [-0.15, -0.1) is 0 Å². The zero-order valence-corrected chi connectivity index (χ0v) is 28.0.